The van der Waals surface area contributed by atoms with Gasteiger partial charge < -0.3 is 10.1 Å². The van der Waals surface area contributed by atoms with Gasteiger partial charge in [-0.25, -0.2) is 0 Å². The number of hydrogen-bond acceptors (Lipinski definition) is 2. The first-order valence-electron chi connectivity index (χ1n) is 7.02. The molecule has 1 N–H and O–H groups in total. The summed E-state index contributed by atoms with van der Waals surface area (Å²) >= 11 is 3.45. The second-order valence-corrected chi connectivity index (χ2v) is 6.89. The van der Waals surface area contributed by atoms with Crippen molar-refractivity contribution in [3.8, 4) is 0 Å². The highest BCUT2D eigenvalue weighted by Crippen LogP contribution is 2.13. The number of rotatable bonds is 7. The lowest BCUT2D eigenvalue weighted by atomic mass is 10.1. The van der Waals surface area contributed by atoms with E-state index in [-0.39, 0.29) is 11.6 Å². The fourth-order valence-electron chi connectivity index (χ4n) is 1.78. The highest BCUT2D eigenvalue weighted by Gasteiger charge is 2.14. The van der Waals surface area contributed by atoms with Crippen LogP contribution in [0.1, 0.15) is 46.1 Å². The van der Waals surface area contributed by atoms with Crippen molar-refractivity contribution < 1.29 is 4.74 Å². The molecular formula is C16H26BrNO. The molecule has 1 rings (SSSR count). The standard InChI is InChI=1S/C16H26BrNO/c1-5-6-15(11-18-16(2,3)4)19-12-13-7-9-14(17)10-8-13/h7-10,15,18H,5-6,11-12H2,1-4H3. The average Bonchev–Trinajstić information content (AvgIpc) is 2.34. The predicted octanol–water partition coefficient (Wildman–Crippen LogP) is 4.52. The van der Waals surface area contributed by atoms with Crippen LogP contribution in [0.4, 0.5) is 0 Å². The first-order chi connectivity index (χ1) is 8.90. The highest BCUT2D eigenvalue weighted by molar-refractivity contribution is 9.10. The van der Waals surface area contributed by atoms with Gasteiger partial charge in [0.15, 0.2) is 0 Å². The molecule has 0 heterocycles. The first-order valence-corrected chi connectivity index (χ1v) is 7.81. The Bertz CT molecular complexity index is 356. The molecule has 108 valence electrons. The smallest absolute Gasteiger partial charge is 0.0721 e. The van der Waals surface area contributed by atoms with Gasteiger partial charge in [-0.1, -0.05) is 41.4 Å². The summed E-state index contributed by atoms with van der Waals surface area (Å²) in [5, 5.41) is 3.52. The van der Waals surface area contributed by atoms with E-state index < -0.39 is 0 Å². The van der Waals surface area contributed by atoms with Crippen molar-refractivity contribution in [2.75, 3.05) is 6.54 Å². The summed E-state index contributed by atoms with van der Waals surface area (Å²) in [7, 11) is 0. The molecule has 0 spiro atoms. The van der Waals surface area contributed by atoms with E-state index in [1.165, 1.54) is 5.56 Å². The van der Waals surface area contributed by atoms with Gasteiger partial charge in [-0.3, -0.25) is 0 Å². The maximum Gasteiger partial charge on any atom is 0.0721 e. The molecule has 1 atom stereocenters. The zero-order valence-electron chi connectivity index (χ0n) is 12.5. The van der Waals surface area contributed by atoms with Crippen molar-refractivity contribution in [1.29, 1.82) is 0 Å². The molecule has 1 aromatic rings. The van der Waals surface area contributed by atoms with Crippen LogP contribution in [0.25, 0.3) is 0 Å². The monoisotopic (exact) mass is 327 g/mol. The third-order valence-electron chi connectivity index (χ3n) is 2.87. The molecule has 0 aromatic heterocycles. The van der Waals surface area contributed by atoms with Crippen LogP contribution in [-0.2, 0) is 11.3 Å². The zero-order valence-corrected chi connectivity index (χ0v) is 14.1. The number of hydrogen-bond donors (Lipinski definition) is 1. The summed E-state index contributed by atoms with van der Waals surface area (Å²) in [6.45, 7) is 10.4. The van der Waals surface area contributed by atoms with Gasteiger partial charge in [0.05, 0.1) is 12.7 Å². The summed E-state index contributed by atoms with van der Waals surface area (Å²) in [6.07, 6.45) is 2.53. The van der Waals surface area contributed by atoms with Crippen LogP contribution in [0.15, 0.2) is 28.7 Å². The van der Waals surface area contributed by atoms with Gasteiger partial charge >= 0.3 is 0 Å². The summed E-state index contributed by atoms with van der Waals surface area (Å²) < 4.78 is 7.13. The van der Waals surface area contributed by atoms with E-state index in [1.807, 2.05) is 0 Å². The number of halogens is 1. The molecular weight excluding hydrogens is 302 g/mol. The van der Waals surface area contributed by atoms with Gasteiger partial charge in [-0.15, -0.1) is 0 Å². The maximum absolute atomic E-state index is 6.03. The van der Waals surface area contributed by atoms with Crippen LogP contribution in [0.5, 0.6) is 0 Å². The molecule has 1 aromatic carbocycles. The molecule has 0 aliphatic carbocycles. The summed E-state index contributed by atoms with van der Waals surface area (Å²) in [5.41, 5.74) is 1.37. The summed E-state index contributed by atoms with van der Waals surface area (Å²) in [6, 6.07) is 8.32. The Morgan fingerprint density at radius 1 is 1.21 bits per heavy atom. The third kappa shape index (κ3) is 7.71. The van der Waals surface area contributed by atoms with Gasteiger partial charge in [0.25, 0.3) is 0 Å². The van der Waals surface area contributed by atoms with Crippen LogP contribution in [-0.4, -0.2) is 18.2 Å². The topological polar surface area (TPSA) is 21.3 Å². The Morgan fingerprint density at radius 3 is 2.37 bits per heavy atom. The molecule has 0 saturated heterocycles. The van der Waals surface area contributed by atoms with Gasteiger partial charge in [0.2, 0.25) is 0 Å². The Kier molecular flexibility index (Phi) is 7.05. The van der Waals surface area contributed by atoms with Crippen LogP contribution in [0, 0.1) is 0 Å². The number of benzene rings is 1. The van der Waals surface area contributed by atoms with Crippen LogP contribution >= 0.6 is 15.9 Å². The molecule has 1 unspecified atom stereocenters. The molecule has 0 amide bonds. The lowest BCUT2D eigenvalue weighted by Crippen LogP contribution is -2.41. The quantitative estimate of drug-likeness (QED) is 0.794. The molecule has 0 aliphatic rings. The van der Waals surface area contributed by atoms with Gasteiger partial charge in [-0.2, -0.15) is 0 Å². The van der Waals surface area contributed by atoms with E-state index in [0.29, 0.717) is 6.61 Å². The molecule has 0 saturated carbocycles. The molecule has 0 bridgehead atoms. The minimum absolute atomic E-state index is 0.146. The van der Waals surface area contributed by atoms with Crippen molar-refractivity contribution in [2.45, 2.75) is 58.8 Å². The normalized spacial score (nSPS) is 13.5. The van der Waals surface area contributed by atoms with Crippen LogP contribution in [0.3, 0.4) is 0 Å². The minimum atomic E-state index is 0.146. The zero-order chi connectivity index (χ0) is 14.3. The van der Waals surface area contributed by atoms with Crippen LogP contribution in [0.2, 0.25) is 0 Å². The Morgan fingerprint density at radius 2 is 1.84 bits per heavy atom. The number of ether oxygens (including phenoxy) is 1. The Balaban J connectivity index is 2.42. The third-order valence-corrected chi connectivity index (χ3v) is 3.40. The number of nitrogens with one attached hydrogen (secondary N) is 1. The summed E-state index contributed by atoms with van der Waals surface area (Å²) in [4.78, 5) is 0. The van der Waals surface area contributed by atoms with Gasteiger partial charge in [0.1, 0.15) is 0 Å². The van der Waals surface area contributed by atoms with Crippen molar-refractivity contribution >= 4 is 15.9 Å². The second kappa shape index (κ2) is 8.03. The van der Waals surface area contributed by atoms with Crippen molar-refractivity contribution in [1.82, 2.24) is 5.32 Å². The minimum Gasteiger partial charge on any atom is -0.372 e. The molecule has 0 aliphatic heterocycles. The second-order valence-electron chi connectivity index (χ2n) is 5.98. The molecule has 0 fully saturated rings. The predicted molar refractivity (Wildman–Crippen MR) is 85.4 cm³/mol. The largest absolute Gasteiger partial charge is 0.372 e. The molecule has 19 heavy (non-hydrogen) atoms. The lowest BCUT2D eigenvalue weighted by molar-refractivity contribution is 0.0310. The first kappa shape index (κ1) is 16.7. The van der Waals surface area contributed by atoms with Crippen molar-refractivity contribution in [3.63, 3.8) is 0 Å². The summed E-state index contributed by atoms with van der Waals surface area (Å²) in [5.74, 6) is 0. The van der Waals surface area contributed by atoms with E-state index in [9.17, 15) is 0 Å². The highest BCUT2D eigenvalue weighted by atomic mass is 79.9. The van der Waals surface area contributed by atoms with Crippen LogP contribution < -0.4 is 5.32 Å². The lowest BCUT2D eigenvalue weighted by Gasteiger charge is -2.25. The Labute approximate surface area is 126 Å². The fraction of sp³-hybridized carbons (Fsp3) is 0.625. The molecule has 0 radical (unpaired) electrons. The van der Waals surface area contributed by atoms with Gasteiger partial charge in [-0.05, 0) is 44.9 Å². The van der Waals surface area contributed by atoms with Gasteiger partial charge in [0, 0.05) is 16.6 Å². The van der Waals surface area contributed by atoms with E-state index >= 15 is 0 Å². The van der Waals surface area contributed by atoms with E-state index in [4.69, 9.17) is 4.74 Å². The molecule has 3 heteroatoms. The SMILES string of the molecule is CCCC(CNC(C)(C)C)OCc1ccc(Br)cc1. The van der Waals surface area contributed by atoms with E-state index in [2.05, 4.69) is 73.2 Å². The van der Waals surface area contributed by atoms with Crippen molar-refractivity contribution in [2.24, 2.45) is 0 Å². The molecule has 2 nitrogen and oxygen atoms in total. The fourth-order valence-corrected chi connectivity index (χ4v) is 2.05. The van der Waals surface area contributed by atoms with E-state index in [1.54, 1.807) is 0 Å². The average molecular weight is 328 g/mol. The van der Waals surface area contributed by atoms with E-state index in [0.717, 1.165) is 23.9 Å². The van der Waals surface area contributed by atoms with Crippen molar-refractivity contribution in [3.05, 3.63) is 34.3 Å². The Hall–Kier alpha value is -0.380. The maximum atomic E-state index is 6.03.